The average molecular weight is 244 g/mol. The molecule has 15 heavy (non-hydrogen) atoms. The monoisotopic (exact) mass is 244 g/mol. The summed E-state index contributed by atoms with van der Waals surface area (Å²) in [5, 5.41) is 0. The first-order valence-corrected chi connectivity index (χ1v) is 6.93. The number of ether oxygens (including phenoxy) is 1. The van der Waals surface area contributed by atoms with Crippen LogP contribution in [-0.4, -0.2) is 23.7 Å². The van der Waals surface area contributed by atoms with Gasteiger partial charge < -0.3 is 4.74 Å². The third kappa shape index (κ3) is 3.58. The lowest BCUT2D eigenvalue weighted by molar-refractivity contribution is 0.0194. The Kier molecular flexibility index (Phi) is 4.81. The molecule has 1 unspecified atom stereocenters. The van der Waals surface area contributed by atoms with Gasteiger partial charge in [-0.2, -0.15) is 0 Å². The second kappa shape index (κ2) is 5.46. The van der Waals surface area contributed by atoms with Crippen LogP contribution in [0.15, 0.2) is 11.6 Å². The maximum absolute atomic E-state index is 5.50. The van der Waals surface area contributed by atoms with Crippen molar-refractivity contribution in [3.8, 4) is 0 Å². The van der Waals surface area contributed by atoms with E-state index >= 15 is 0 Å². The summed E-state index contributed by atoms with van der Waals surface area (Å²) in [6.45, 7) is 4.48. The summed E-state index contributed by atoms with van der Waals surface area (Å²) in [7, 11) is 1.80. The van der Waals surface area contributed by atoms with Crippen molar-refractivity contribution in [3.63, 3.8) is 0 Å². The molecule has 0 aromatic heterocycles. The number of rotatable bonds is 3. The zero-order chi connectivity index (χ0) is 11.5. The normalized spacial score (nSPS) is 24.8. The lowest BCUT2D eigenvalue weighted by Gasteiger charge is -2.35. The minimum atomic E-state index is 0.149. The van der Waals surface area contributed by atoms with Crippen molar-refractivity contribution in [2.24, 2.45) is 5.41 Å². The van der Waals surface area contributed by atoms with Crippen LogP contribution in [-0.2, 0) is 4.74 Å². The van der Waals surface area contributed by atoms with Gasteiger partial charge in [-0.05, 0) is 19.1 Å². The van der Waals surface area contributed by atoms with Gasteiger partial charge in [-0.15, -0.1) is 11.8 Å². The van der Waals surface area contributed by atoms with Gasteiger partial charge in [0.15, 0.2) is 0 Å². The summed E-state index contributed by atoms with van der Waals surface area (Å²) in [6, 6.07) is 0. The van der Waals surface area contributed by atoms with Crippen molar-refractivity contribution in [3.05, 3.63) is 11.6 Å². The van der Waals surface area contributed by atoms with Crippen LogP contribution < -0.4 is 0 Å². The predicted molar refractivity (Wildman–Crippen MR) is 72.6 cm³/mol. The zero-order valence-corrected chi connectivity index (χ0v) is 11.6. The molecule has 0 saturated heterocycles. The van der Waals surface area contributed by atoms with E-state index in [9.17, 15) is 0 Å². The fraction of sp³-hybridized carbons (Fsp3) is 0.750. The molecule has 1 aliphatic rings. The fourth-order valence-corrected chi connectivity index (χ4v) is 2.71. The topological polar surface area (TPSA) is 9.23 Å². The number of hydrogen-bond acceptors (Lipinski definition) is 3. The number of allylic oxidation sites excluding steroid dienone is 1. The third-order valence-corrected chi connectivity index (χ3v) is 4.26. The first kappa shape index (κ1) is 13.2. The Balaban J connectivity index is 2.70. The molecule has 3 heteroatoms. The van der Waals surface area contributed by atoms with E-state index in [-0.39, 0.29) is 5.41 Å². The fourth-order valence-electron chi connectivity index (χ4n) is 2.20. The molecule has 0 aromatic carbocycles. The molecule has 0 aromatic rings. The Hall–Kier alpha value is 0.140. The Morgan fingerprint density at radius 2 is 2.33 bits per heavy atom. The Morgan fingerprint density at radius 3 is 2.80 bits per heavy atom. The molecule has 1 rings (SSSR count). The first-order chi connectivity index (χ1) is 6.99. The maximum Gasteiger partial charge on any atom is 0.0659 e. The highest BCUT2D eigenvalue weighted by molar-refractivity contribution is 8.22. The van der Waals surface area contributed by atoms with Gasteiger partial charge in [-0.3, -0.25) is 0 Å². The molecule has 0 radical (unpaired) electrons. The van der Waals surface area contributed by atoms with Crippen LogP contribution in [0.1, 0.15) is 33.1 Å². The second-order valence-electron chi connectivity index (χ2n) is 4.64. The number of thiocarbonyl (C=S) groups is 1. The minimum Gasteiger partial charge on any atom is -0.381 e. The minimum absolute atomic E-state index is 0.149. The van der Waals surface area contributed by atoms with Crippen molar-refractivity contribution in [1.82, 2.24) is 0 Å². The summed E-state index contributed by atoms with van der Waals surface area (Å²) in [4.78, 5) is 0. The second-order valence-corrected chi connectivity index (χ2v) is 6.29. The number of hydrogen-bond donors (Lipinski definition) is 0. The van der Waals surface area contributed by atoms with Crippen LogP contribution >= 0.6 is 24.0 Å². The summed E-state index contributed by atoms with van der Waals surface area (Å²) in [6.07, 6.45) is 7.97. The van der Waals surface area contributed by atoms with Gasteiger partial charge in [0.25, 0.3) is 0 Å². The van der Waals surface area contributed by atoms with Gasteiger partial charge in [0, 0.05) is 18.9 Å². The van der Waals surface area contributed by atoms with E-state index in [4.69, 9.17) is 17.0 Å². The molecular weight excluding hydrogens is 224 g/mol. The SMILES string of the molecule is COC1CCC(CC(=S)SC)=CC1(C)C. The zero-order valence-electron chi connectivity index (χ0n) is 10.0. The number of methoxy groups -OCH3 is 1. The molecule has 86 valence electrons. The van der Waals surface area contributed by atoms with E-state index in [0.29, 0.717) is 6.10 Å². The van der Waals surface area contributed by atoms with Gasteiger partial charge in [0.1, 0.15) is 0 Å². The Morgan fingerprint density at radius 1 is 1.67 bits per heavy atom. The summed E-state index contributed by atoms with van der Waals surface area (Å²) in [5.74, 6) is 0. The van der Waals surface area contributed by atoms with Gasteiger partial charge in [0.05, 0.1) is 10.3 Å². The van der Waals surface area contributed by atoms with E-state index in [1.807, 2.05) is 0 Å². The van der Waals surface area contributed by atoms with E-state index < -0.39 is 0 Å². The highest BCUT2D eigenvalue weighted by atomic mass is 32.2. The van der Waals surface area contributed by atoms with E-state index in [0.717, 1.165) is 23.5 Å². The van der Waals surface area contributed by atoms with Crippen molar-refractivity contribution >= 4 is 28.2 Å². The lowest BCUT2D eigenvalue weighted by Crippen LogP contribution is -2.32. The highest BCUT2D eigenvalue weighted by Crippen LogP contribution is 2.36. The summed E-state index contributed by atoms with van der Waals surface area (Å²) < 4.78 is 6.59. The molecule has 0 fully saturated rings. The highest BCUT2D eigenvalue weighted by Gasteiger charge is 2.31. The van der Waals surface area contributed by atoms with Crippen molar-refractivity contribution < 1.29 is 4.74 Å². The van der Waals surface area contributed by atoms with Crippen molar-refractivity contribution in [2.75, 3.05) is 13.4 Å². The van der Waals surface area contributed by atoms with E-state index in [1.54, 1.807) is 18.9 Å². The van der Waals surface area contributed by atoms with Gasteiger partial charge >= 0.3 is 0 Å². The largest absolute Gasteiger partial charge is 0.381 e. The van der Waals surface area contributed by atoms with Crippen LogP contribution in [0.3, 0.4) is 0 Å². The smallest absolute Gasteiger partial charge is 0.0659 e. The summed E-state index contributed by atoms with van der Waals surface area (Å²) in [5.41, 5.74) is 1.63. The van der Waals surface area contributed by atoms with Gasteiger partial charge in [0.2, 0.25) is 0 Å². The van der Waals surface area contributed by atoms with Crippen LogP contribution in [0.2, 0.25) is 0 Å². The maximum atomic E-state index is 5.50. The molecular formula is C12H20OS2. The molecule has 0 aliphatic heterocycles. The first-order valence-electron chi connectivity index (χ1n) is 5.30. The molecule has 0 heterocycles. The molecule has 0 saturated carbocycles. The van der Waals surface area contributed by atoms with Crippen LogP contribution in [0.5, 0.6) is 0 Å². The van der Waals surface area contributed by atoms with Crippen molar-refractivity contribution in [1.29, 1.82) is 0 Å². The molecule has 1 nitrogen and oxygen atoms in total. The Labute approximate surface area is 103 Å². The van der Waals surface area contributed by atoms with E-state index in [1.165, 1.54) is 5.57 Å². The predicted octanol–water partition coefficient (Wildman–Crippen LogP) is 3.83. The number of thioether (sulfide) groups is 1. The third-order valence-electron chi connectivity index (χ3n) is 3.02. The molecule has 1 atom stereocenters. The molecule has 0 amide bonds. The van der Waals surface area contributed by atoms with E-state index in [2.05, 4.69) is 26.2 Å². The van der Waals surface area contributed by atoms with Crippen molar-refractivity contribution in [2.45, 2.75) is 39.2 Å². The standard InChI is InChI=1S/C12H20OS2/c1-12(2)8-9(7-11(14)15-4)5-6-10(12)13-3/h8,10H,5-7H2,1-4H3. The van der Waals surface area contributed by atoms with Crippen LogP contribution in [0, 0.1) is 5.41 Å². The van der Waals surface area contributed by atoms with Gasteiger partial charge in [-0.25, -0.2) is 0 Å². The molecule has 0 bridgehead atoms. The quantitative estimate of drug-likeness (QED) is 0.551. The van der Waals surface area contributed by atoms with Crippen LogP contribution in [0.4, 0.5) is 0 Å². The molecule has 0 N–H and O–H groups in total. The molecule has 0 spiro atoms. The average Bonchev–Trinajstić information content (AvgIpc) is 2.16. The van der Waals surface area contributed by atoms with Crippen LogP contribution in [0.25, 0.3) is 0 Å². The summed E-state index contributed by atoms with van der Waals surface area (Å²) >= 11 is 6.94. The Bertz CT molecular complexity index is 269. The van der Waals surface area contributed by atoms with Gasteiger partial charge in [-0.1, -0.05) is 37.7 Å². The molecule has 1 aliphatic carbocycles. The lowest BCUT2D eigenvalue weighted by atomic mass is 9.76.